The lowest BCUT2D eigenvalue weighted by Gasteiger charge is -2.12. The SMILES string of the molecule is CCNS(=O)(=O)c1ccccc1NCCS(=O)(=O)CC. The number of hydrogen-bond acceptors (Lipinski definition) is 5. The van der Waals surface area contributed by atoms with E-state index in [1.807, 2.05) is 0 Å². The standard InChI is InChI=1S/C12H20N2O4S2/c1-3-14-20(17,18)12-8-6-5-7-11(12)13-9-10-19(15,16)4-2/h5-8,13-14H,3-4,9-10H2,1-2H3. The van der Waals surface area contributed by atoms with Crippen LogP contribution in [-0.4, -0.2) is 41.4 Å². The van der Waals surface area contributed by atoms with Gasteiger partial charge in [0.05, 0.1) is 11.4 Å². The molecule has 2 N–H and O–H groups in total. The molecule has 0 bridgehead atoms. The molecule has 6 nitrogen and oxygen atoms in total. The molecule has 20 heavy (non-hydrogen) atoms. The van der Waals surface area contributed by atoms with Gasteiger partial charge in [0.15, 0.2) is 9.84 Å². The molecule has 0 unspecified atom stereocenters. The van der Waals surface area contributed by atoms with Crippen LogP contribution >= 0.6 is 0 Å². The molecule has 0 saturated carbocycles. The van der Waals surface area contributed by atoms with E-state index in [0.717, 1.165) is 0 Å². The lowest BCUT2D eigenvalue weighted by molar-refractivity contribution is 0.584. The maximum atomic E-state index is 12.0. The van der Waals surface area contributed by atoms with Gasteiger partial charge < -0.3 is 5.32 Å². The van der Waals surface area contributed by atoms with Crippen LogP contribution in [0.4, 0.5) is 5.69 Å². The van der Waals surface area contributed by atoms with E-state index in [9.17, 15) is 16.8 Å². The minimum Gasteiger partial charge on any atom is -0.383 e. The summed E-state index contributed by atoms with van der Waals surface area (Å²) in [6.45, 7) is 3.75. The van der Waals surface area contributed by atoms with E-state index in [0.29, 0.717) is 12.2 Å². The van der Waals surface area contributed by atoms with Gasteiger partial charge in [-0.15, -0.1) is 0 Å². The maximum absolute atomic E-state index is 12.0. The first-order chi connectivity index (χ1) is 9.32. The van der Waals surface area contributed by atoms with Crippen LogP contribution in [0, 0.1) is 0 Å². The Balaban J connectivity index is 2.87. The molecule has 0 heterocycles. The van der Waals surface area contributed by atoms with E-state index in [2.05, 4.69) is 10.0 Å². The molecular weight excluding hydrogens is 300 g/mol. The van der Waals surface area contributed by atoms with E-state index >= 15 is 0 Å². The second-order valence-corrected chi connectivity index (χ2v) is 8.37. The lowest BCUT2D eigenvalue weighted by atomic mass is 10.3. The number of hydrogen-bond donors (Lipinski definition) is 2. The summed E-state index contributed by atoms with van der Waals surface area (Å²) in [6.07, 6.45) is 0. The van der Waals surface area contributed by atoms with Gasteiger partial charge >= 0.3 is 0 Å². The first-order valence-corrected chi connectivity index (χ1v) is 9.66. The molecule has 1 rings (SSSR count). The molecular formula is C12H20N2O4S2. The Bertz CT molecular complexity index is 639. The second-order valence-electron chi connectivity index (χ2n) is 4.16. The topological polar surface area (TPSA) is 92.3 Å². The fourth-order valence-electron chi connectivity index (χ4n) is 1.60. The van der Waals surface area contributed by atoms with E-state index in [4.69, 9.17) is 0 Å². The van der Waals surface area contributed by atoms with Crippen LogP contribution in [0.2, 0.25) is 0 Å². The quantitative estimate of drug-likeness (QED) is 0.740. The number of nitrogens with one attached hydrogen (secondary N) is 2. The Hall–Kier alpha value is -1.12. The molecule has 1 aromatic rings. The molecule has 0 aliphatic heterocycles. The van der Waals surface area contributed by atoms with Crippen LogP contribution in [0.15, 0.2) is 29.2 Å². The van der Waals surface area contributed by atoms with E-state index < -0.39 is 19.9 Å². The average molecular weight is 320 g/mol. The predicted octanol–water partition coefficient (Wildman–Crippen LogP) is 0.831. The van der Waals surface area contributed by atoms with E-state index in [1.54, 1.807) is 32.0 Å². The molecule has 1 aromatic carbocycles. The molecule has 0 aliphatic carbocycles. The minimum absolute atomic E-state index is 0.0287. The number of sulfonamides is 1. The van der Waals surface area contributed by atoms with Gasteiger partial charge in [-0.2, -0.15) is 0 Å². The van der Waals surface area contributed by atoms with Crippen molar-refractivity contribution in [2.45, 2.75) is 18.7 Å². The highest BCUT2D eigenvalue weighted by atomic mass is 32.2. The first-order valence-electron chi connectivity index (χ1n) is 6.35. The number of rotatable bonds is 8. The van der Waals surface area contributed by atoms with Crippen LogP contribution < -0.4 is 10.0 Å². The third-order valence-corrected chi connectivity index (χ3v) is 5.99. The summed E-state index contributed by atoms with van der Waals surface area (Å²) in [5.41, 5.74) is 0.403. The first kappa shape index (κ1) is 16.9. The van der Waals surface area contributed by atoms with Gasteiger partial charge in [-0.05, 0) is 12.1 Å². The molecule has 0 amide bonds. The molecule has 0 spiro atoms. The van der Waals surface area contributed by atoms with Gasteiger partial charge in [-0.25, -0.2) is 21.6 Å². The van der Waals surface area contributed by atoms with Crippen molar-refractivity contribution in [1.82, 2.24) is 4.72 Å². The summed E-state index contributed by atoms with van der Waals surface area (Å²) in [7, 11) is -6.65. The molecule has 0 saturated heterocycles. The van der Waals surface area contributed by atoms with Crippen LogP contribution in [0.5, 0.6) is 0 Å². The normalized spacial score (nSPS) is 12.3. The molecule has 0 fully saturated rings. The monoisotopic (exact) mass is 320 g/mol. The Morgan fingerprint density at radius 3 is 2.30 bits per heavy atom. The largest absolute Gasteiger partial charge is 0.383 e. The fraction of sp³-hybridized carbons (Fsp3) is 0.500. The van der Waals surface area contributed by atoms with E-state index in [-0.39, 0.29) is 22.9 Å². The Morgan fingerprint density at radius 1 is 1.05 bits per heavy atom. The molecule has 0 radical (unpaired) electrons. The average Bonchev–Trinajstić information content (AvgIpc) is 2.39. The lowest BCUT2D eigenvalue weighted by Crippen LogP contribution is -2.25. The molecule has 0 atom stereocenters. The van der Waals surface area contributed by atoms with Crippen LogP contribution in [0.25, 0.3) is 0 Å². The van der Waals surface area contributed by atoms with Crippen molar-refractivity contribution in [2.75, 3.05) is 29.9 Å². The second kappa shape index (κ2) is 7.05. The molecule has 114 valence electrons. The Labute approximate surface area is 120 Å². The molecule has 0 aliphatic rings. The zero-order valence-corrected chi connectivity index (χ0v) is 13.2. The van der Waals surface area contributed by atoms with Gasteiger partial charge in [0.1, 0.15) is 4.90 Å². The zero-order chi connectivity index (χ0) is 15.2. The fourth-order valence-corrected chi connectivity index (χ4v) is 3.53. The van der Waals surface area contributed by atoms with Gasteiger partial charge in [0.2, 0.25) is 10.0 Å². The summed E-state index contributed by atoms with van der Waals surface area (Å²) in [5.74, 6) is 0.0467. The Kier molecular flexibility index (Phi) is 5.97. The van der Waals surface area contributed by atoms with Crippen molar-refractivity contribution in [2.24, 2.45) is 0 Å². The minimum atomic E-state index is -3.57. The van der Waals surface area contributed by atoms with Gasteiger partial charge in [0.25, 0.3) is 0 Å². The summed E-state index contributed by atoms with van der Waals surface area (Å²) in [4.78, 5) is 0.121. The predicted molar refractivity (Wildman–Crippen MR) is 80.1 cm³/mol. The van der Waals surface area contributed by atoms with Crippen molar-refractivity contribution >= 4 is 25.5 Å². The summed E-state index contributed by atoms with van der Waals surface area (Å²) >= 11 is 0. The Morgan fingerprint density at radius 2 is 1.70 bits per heavy atom. The smallest absolute Gasteiger partial charge is 0.242 e. The van der Waals surface area contributed by atoms with Gasteiger partial charge in [-0.3, -0.25) is 0 Å². The van der Waals surface area contributed by atoms with Crippen LogP contribution in [-0.2, 0) is 19.9 Å². The van der Waals surface area contributed by atoms with Gasteiger partial charge in [-0.1, -0.05) is 26.0 Å². The molecule has 0 aromatic heterocycles. The highest BCUT2D eigenvalue weighted by Crippen LogP contribution is 2.20. The van der Waals surface area contributed by atoms with Crippen molar-refractivity contribution in [3.8, 4) is 0 Å². The maximum Gasteiger partial charge on any atom is 0.242 e. The third kappa shape index (κ3) is 4.77. The zero-order valence-electron chi connectivity index (χ0n) is 11.6. The van der Waals surface area contributed by atoms with Crippen molar-refractivity contribution in [1.29, 1.82) is 0 Å². The summed E-state index contributed by atoms with van der Waals surface area (Å²) in [5, 5.41) is 2.87. The van der Waals surface area contributed by atoms with Crippen molar-refractivity contribution in [3.05, 3.63) is 24.3 Å². The highest BCUT2D eigenvalue weighted by molar-refractivity contribution is 7.91. The number of anilines is 1. The van der Waals surface area contributed by atoms with E-state index in [1.165, 1.54) is 6.07 Å². The number of sulfone groups is 1. The van der Waals surface area contributed by atoms with Crippen LogP contribution in [0.3, 0.4) is 0 Å². The van der Waals surface area contributed by atoms with Crippen molar-refractivity contribution in [3.63, 3.8) is 0 Å². The summed E-state index contributed by atoms with van der Waals surface area (Å²) in [6, 6.07) is 6.41. The van der Waals surface area contributed by atoms with Crippen molar-refractivity contribution < 1.29 is 16.8 Å². The summed E-state index contributed by atoms with van der Waals surface area (Å²) < 4.78 is 49.2. The highest BCUT2D eigenvalue weighted by Gasteiger charge is 2.17. The third-order valence-electron chi connectivity index (χ3n) is 2.68. The molecule has 8 heteroatoms. The number of para-hydroxylation sites is 1. The van der Waals surface area contributed by atoms with Gasteiger partial charge in [0, 0.05) is 18.8 Å². The van der Waals surface area contributed by atoms with Crippen LogP contribution in [0.1, 0.15) is 13.8 Å². The number of benzene rings is 1.